The lowest BCUT2D eigenvalue weighted by Gasteiger charge is -2.20. The van der Waals surface area contributed by atoms with Crippen LogP contribution in [0.25, 0.3) is 0 Å². The highest BCUT2D eigenvalue weighted by molar-refractivity contribution is 4.72. The van der Waals surface area contributed by atoms with Gasteiger partial charge >= 0.3 is 0 Å². The van der Waals surface area contributed by atoms with Crippen molar-refractivity contribution < 1.29 is 0 Å². The summed E-state index contributed by atoms with van der Waals surface area (Å²) in [4.78, 5) is 2.41. The van der Waals surface area contributed by atoms with E-state index >= 15 is 0 Å². The number of hydrogen-bond acceptors (Lipinski definition) is 2. The predicted molar refractivity (Wildman–Crippen MR) is 59.8 cm³/mol. The molecule has 1 atom stereocenters. The molecule has 0 aliphatic carbocycles. The van der Waals surface area contributed by atoms with E-state index in [0.29, 0.717) is 6.04 Å². The van der Waals surface area contributed by atoms with Crippen molar-refractivity contribution in [1.82, 2.24) is 4.90 Å². The van der Waals surface area contributed by atoms with E-state index in [0.717, 1.165) is 38.9 Å². The van der Waals surface area contributed by atoms with Crippen molar-refractivity contribution in [3.8, 4) is 0 Å². The van der Waals surface area contributed by atoms with Crippen LogP contribution in [0.3, 0.4) is 0 Å². The number of allylic oxidation sites excluding steroid dienone is 1. The third-order valence-electron chi connectivity index (χ3n) is 2.45. The van der Waals surface area contributed by atoms with Crippen LogP contribution in [-0.4, -0.2) is 30.6 Å². The number of hydrogen-bond donors (Lipinski definition) is 1. The van der Waals surface area contributed by atoms with E-state index in [4.69, 9.17) is 5.73 Å². The summed E-state index contributed by atoms with van der Waals surface area (Å²) in [5.74, 6) is 0. The fourth-order valence-corrected chi connectivity index (χ4v) is 1.36. The Morgan fingerprint density at radius 3 is 2.38 bits per heavy atom. The normalized spacial score (nSPS) is 13.2. The molecule has 0 radical (unpaired) electrons. The maximum Gasteiger partial charge on any atom is 0.00539 e. The SMILES string of the molecule is C=CCCC(N)CCN(CC)CC. The molecule has 0 fully saturated rings. The van der Waals surface area contributed by atoms with Gasteiger partial charge in [-0.25, -0.2) is 0 Å². The fraction of sp³-hybridized carbons (Fsp3) is 0.818. The summed E-state index contributed by atoms with van der Waals surface area (Å²) in [5.41, 5.74) is 5.94. The summed E-state index contributed by atoms with van der Waals surface area (Å²) in [6.07, 6.45) is 5.16. The Labute approximate surface area is 82.8 Å². The second-order valence-electron chi connectivity index (χ2n) is 3.44. The van der Waals surface area contributed by atoms with Crippen LogP contribution in [0, 0.1) is 0 Å². The van der Waals surface area contributed by atoms with Crippen molar-refractivity contribution in [1.29, 1.82) is 0 Å². The van der Waals surface area contributed by atoms with Crippen LogP contribution in [0.2, 0.25) is 0 Å². The predicted octanol–water partition coefficient (Wildman–Crippen LogP) is 2.01. The molecular weight excluding hydrogens is 160 g/mol. The molecule has 0 bridgehead atoms. The molecule has 0 saturated carbocycles. The van der Waals surface area contributed by atoms with Crippen molar-refractivity contribution in [2.75, 3.05) is 19.6 Å². The Morgan fingerprint density at radius 1 is 1.31 bits per heavy atom. The van der Waals surface area contributed by atoms with Gasteiger partial charge in [-0.1, -0.05) is 19.9 Å². The van der Waals surface area contributed by atoms with Gasteiger partial charge in [-0.2, -0.15) is 0 Å². The summed E-state index contributed by atoms with van der Waals surface area (Å²) in [7, 11) is 0. The van der Waals surface area contributed by atoms with Gasteiger partial charge in [0.05, 0.1) is 0 Å². The van der Waals surface area contributed by atoms with Gasteiger partial charge in [0.2, 0.25) is 0 Å². The molecule has 0 spiro atoms. The molecule has 0 amide bonds. The maximum atomic E-state index is 5.94. The molecule has 2 heteroatoms. The second kappa shape index (κ2) is 8.27. The average molecular weight is 184 g/mol. The molecular formula is C11H24N2. The van der Waals surface area contributed by atoms with E-state index in [-0.39, 0.29) is 0 Å². The van der Waals surface area contributed by atoms with Gasteiger partial charge in [0, 0.05) is 6.04 Å². The van der Waals surface area contributed by atoms with E-state index < -0.39 is 0 Å². The summed E-state index contributed by atoms with van der Waals surface area (Å²) < 4.78 is 0. The van der Waals surface area contributed by atoms with E-state index in [9.17, 15) is 0 Å². The molecule has 0 aliphatic rings. The summed E-state index contributed by atoms with van der Waals surface area (Å²) >= 11 is 0. The third kappa shape index (κ3) is 6.79. The third-order valence-corrected chi connectivity index (χ3v) is 2.45. The molecule has 0 aromatic carbocycles. The largest absolute Gasteiger partial charge is 0.328 e. The zero-order chi connectivity index (χ0) is 10.1. The highest BCUT2D eigenvalue weighted by atomic mass is 15.1. The van der Waals surface area contributed by atoms with Gasteiger partial charge in [0.25, 0.3) is 0 Å². The topological polar surface area (TPSA) is 29.3 Å². The van der Waals surface area contributed by atoms with Crippen molar-refractivity contribution in [3.63, 3.8) is 0 Å². The zero-order valence-corrected chi connectivity index (χ0v) is 9.13. The van der Waals surface area contributed by atoms with Crippen LogP contribution >= 0.6 is 0 Å². The number of nitrogens with zero attached hydrogens (tertiary/aromatic N) is 1. The van der Waals surface area contributed by atoms with Crippen LogP contribution in [0.5, 0.6) is 0 Å². The van der Waals surface area contributed by atoms with Gasteiger partial charge in [0.1, 0.15) is 0 Å². The lowest BCUT2D eigenvalue weighted by atomic mass is 10.1. The van der Waals surface area contributed by atoms with Crippen molar-refractivity contribution in [2.24, 2.45) is 5.73 Å². The minimum absolute atomic E-state index is 0.346. The summed E-state index contributed by atoms with van der Waals surface area (Å²) in [5, 5.41) is 0. The molecule has 1 unspecified atom stereocenters. The fourth-order valence-electron chi connectivity index (χ4n) is 1.36. The second-order valence-corrected chi connectivity index (χ2v) is 3.44. The first-order valence-corrected chi connectivity index (χ1v) is 5.33. The van der Waals surface area contributed by atoms with Gasteiger partial charge in [-0.3, -0.25) is 0 Å². The lowest BCUT2D eigenvalue weighted by Crippen LogP contribution is -2.30. The summed E-state index contributed by atoms with van der Waals surface area (Å²) in [6, 6.07) is 0.346. The monoisotopic (exact) mass is 184 g/mol. The first-order valence-electron chi connectivity index (χ1n) is 5.33. The molecule has 0 saturated heterocycles. The Balaban J connectivity index is 3.43. The quantitative estimate of drug-likeness (QED) is 0.585. The molecule has 0 aliphatic heterocycles. The minimum Gasteiger partial charge on any atom is -0.328 e. The lowest BCUT2D eigenvalue weighted by molar-refractivity contribution is 0.288. The Hall–Kier alpha value is -0.340. The molecule has 0 aromatic rings. The molecule has 0 aromatic heterocycles. The molecule has 2 N–H and O–H groups in total. The Kier molecular flexibility index (Phi) is 8.05. The molecule has 78 valence electrons. The molecule has 0 rings (SSSR count). The van der Waals surface area contributed by atoms with Crippen LogP contribution in [0.1, 0.15) is 33.1 Å². The minimum atomic E-state index is 0.346. The van der Waals surface area contributed by atoms with E-state index in [1.54, 1.807) is 0 Å². The van der Waals surface area contributed by atoms with Crippen LogP contribution in [-0.2, 0) is 0 Å². The first kappa shape index (κ1) is 12.7. The number of rotatable bonds is 8. The van der Waals surface area contributed by atoms with E-state index in [2.05, 4.69) is 25.3 Å². The smallest absolute Gasteiger partial charge is 0.00539 e. The van der Waals surface area contributed by atoms with Crippen LogP contribution < -0.4 is 5.73 Å². The molecule has 0 heterocycles. The van der Waals surface area contributed by atoms with Crippen molar-refractivity contribution >= 4 is 0 Å². The highest BCUT2D eigenvalue weighted by Gasteiger charge is 2.04. The van der Waals surface area contributed by atoms with E-state index in [1.807, 2.05) is 6.08 Å². The van der Waals surface area contributed by atoms with Crippen LogP contribution in [0.15, 0.2) is 12.7 Å². The van der Waals surface area contributed by atoms with Crippen molar-refractivity contribution in [3.05, 3.63) is 12.7 Å². The van der Waals surface area contributed by atoms with Crippen LogP contribution in [0.4, 0.5) is 0 Å². The van der Waals surface area contributed by atoms with Gasteiger partial charge in [0.15, 0.2) is 0 Å². The Morgan fingerprint density at radius 2 is 1.92 bits per heavy atom. The Bertz CT molecular complexity index is 119. The number of nitrogens with two attached hydrogens (primary N) is 1. The summed E-state index contributed by atoms with van der Waals surface area (Å²) in [6.45, 7) is 11.5. The first-order chi connectivity index (χ1) is 6.24. The van der Waals surface area contributed by atoms with Gasteiger partial charge in [-0.05, 0) is 38.9 Å². The van der Waals surface area contributed by atoms with E-state index in [1.165, 1.54) is 0 Å². The van der Waals surface area contributed by atoms with Gasteiger partial charge < -0.3 is 10.6 Å². The highest BCUT2D eigenvalue weighted by Crippen LogP contribution is 2.01. The standard InChI is InChI=1S/C11H24N2/c1-4-7-8-11(12)9-10-13(5-2)6-3/h4,11H,1,5-10,12H2,2-3H3. The maximum absolute atomic E-state index is 5.94. The molecule has 13 heavy (non-hydrogen) atoms. The van der Waals surface area contributed by atoms with Crippen molar-refractivity contribution in [2.45, 2.75) is 39.2 Å². The zero-order valence-electron chi connectivity index (χ0n) is 9.13. The molecule has 2 nitrogen and oxygen atoms in total. The average Bonchev–Trinajstić information content (AvgIpc) is 2.16. The van der Waals surface area contributed by atoms with Gasteiger partial charge in [-0.15, -0.1) is 6.58 Å².